The molecule has 3 aromatic carbocycles. The minimum atomic E-state index is -3.68. The van der Waals surface area contributed by atoms with Crippen LogP contribution < -0.4 is 19.8 Å². The van der Waals surface area contributed by atoms with Crippen molar-refractivity contribution >= 4 is 54.6 Å². The predicted molar refractivity (Wildman–Crippen MR) is 179 cm³/mol. The molecular weight excluding hydrogens is 662 g/mol. The Hall–Kier alpha value is -4.28. The molecule has 0 spiro atoms. The van der Waals surface area contributed by atoms with Crippen LogP contribution in [0.2, 0.25) is 0 Å². The lowest BCUT2D eigenvalue weighted by Gasteiger charge is -2.46. The van der Waals surface area contributed by atoms with Crippen LogP contribution in [0.1, 0.15) is 38.0 Å². The lowest BCUT2D eigenvalue weighted by atomic mass is 9.86. The zero-order valence-corrected chi connectivity index (χ0v) is 29.2. The molecule has 0 saturated carbocycles. The van der Waals surface area contributed by atoms with Gasteiger partial charge in [0.05, 0.1) is 50.0 Å². The minimum Gasteiger partial charge on any atom is -0.496 e. The number of carbonyl (C=O) groups is 2. The molecule has 0 bridgehead atoms. The number of aliphatic hydroxyl groups excluding tert-OH is 1. The molecule has 5 atom stereocenters. The first-order valence-corrected chi connectivity index (χ1v) is 17.2. The third-order valence-electron chi connectivity index (χ3n) is 8.45. The molecule has 0 radical (unpaired) electrons. The maximum atomic E-state index is 13.8. The number of nitrogens with zero attached hydrogens (tertiary/aromatic N) is 1. The second-order valence-corrected chi connectivity index (χ2v) is 13.8. The molecule has 264 valence electrons. The van der Waals surface area contributed by atoms with Crippen molar-refractivity contribution in [3.63, 3.8) is 0 Å². The van der Waals surface area contributed by atoms with E-state index in [4.69, 9.17) is 32.3 Å². The number of methoxy groups -OCH3 is 2. The SMILES string of the molecule is COc1cc2c(oc(=O)c3cc(CCOS(C)(=O)=O)cc(OC)c32)c2c([C@H]3O[C@@H](C)[C@@H](OC(C)=O)[C@@H](N(C)C)[C@@H]3O)ccc(OC(C)=O)c12. The Labute approximate surface area is 282 Å². The molecule has 0 amide bonds. The van der Waals surface area contributed by atoms with Gasteiger partial charge in [0, 0.05) is 30.0 Å². The average Bonchev–Trinajstić information content (AvgIpc) is 3.01. The second kappa shape index (κ2) is 13.9. The first-order valence-electron chi connectivity index (χ1n) is 15.4. The van der Waals surface area contributed by atoms with Crippen LogP contribution in [0, 0.1) is 0 Å². The lowest BCUT2D eigenvalue weighted by Crippen LogP contribution is -2.60. The first kappa shape index (κ1) is 36.0. The van der Waals surface area contributed by atoms with Crippen LogP contribution >= 0.6 is 0 Å². The number of benzene rings is 3. The fourth-order valence-corrected chi connectivity index (χ4v) is 6.94. The molecule has 2 heterocycles. The third-order valence-corrected chi connectivity index (χ3v) is 9.04. The lowest BCUT2D eigenvalue weighted by molar-refractivity contribution is -0.212. The van der Waals surface area contributed by atoms with Gasteiger partial charge in [-0.3, -0.25) is 13.8 Å². The van der Waals surface area contributed by atoms with Gasteiger partial charge in [-0.2, -0.15) is 8.42 Å². The van der Waals surface area contributed by atoms with Crippen molar-refractivity contribution in [2.24, 2.45) is 0 Å². The third kappa shape index (κ3) is 7.07. The van der Waals surface area contributed by atoms with Crippen LogP contribution in [0.15, 0.2) is 39.5 Å². The summed E-state index contributed by atoms with van der Waals surface area (Å²) < 4.78 is 63.0. The van der Waals surface area contributed by atoms with Crippen molar-refractivity contribution < 1.29 is 55.4 Å². The van der Waals surface area contributed by atoms with E-state index in [1.165, 1.54) is 28.1 Å². The number of hydrogen-bond acceptors (Lipinski definition) is 14. The summed E-state index contributed by atoms with van der Waals surface area (Å²) in [5.74, 6) is -0.475. The molecule has 1 aliphatic heterocycles. The number of fused-ring (bicyclic) bond motifs is 5. The molecule has 1 N–H and O–H groups in total. The molecule has 14 nitrogen and oxygen atoms in total. The Morgan fingerprint density at radius 1 is 0.939 bits per heavy atom. The first-order chi connectivity index (χ1) is 23.1. The summed E-state index contributed by atoms with van der Waals surface area (Å²) in [5, 5.41) is 13.3. The Kier molecular flexibility index (Phi) is 10.2. The van der Waals surface area contributed by atoms with Crippen LogP contribution in [0.5, 0.6) is 17.2 Å². The molecule has 5 rings (SSSR count). The van der Waals surface area contributed by atoms with Gasteiger partial charge in [-0.05, 0) is 62.8 Å². The highest BCUT2D eigenvalue weighted by molar-refractivity contribution is 7.85. The van der Waals surface area contributed by atoms with Crippen molar-refractivity contribution in [3.05, 3.63) is 51.9 Å². The van der Waals surface area contributed by atoms with E-state index in [9.17, 15) is 27.9 Å². The van der Waals surface area contributed by atoms with Crippen LogP contribution in [-0.4, -0.2) is 95.9 Å². The molecule has 0 aliphatic carbocycles. The van der Waals surface area contributed by atoms with Gasteiger partial charge in [-0.25, -0.2) is 4.79 Å². The molecular formula is C34H39NO13S. The Morgan fingerprint density at radius 2 is 1.61 bits per heavy atom. The number of esters is 2. The molecule has 49 heavy (non-hydrogen) atoms. The maximum Gasteiger partial charge on any atom is 0.344 e. The van der Waals surface area contributed by atoms with Gasteiger partial charge in [0.1, 0.15) is 41.1 Å². The monoisotopic (exact) mass is 701 g/mol. The molecule has 1 saturated heterocycles. The van der Waals surface area contributed by atoms with Gasteiger partial charge in [0.15, 0.2) is 0 Å². The van der Waals surface area contributed by atoms with E-state index in [1.807, 2.05) is 0 Å². The van der Waals surface area contributed by atoms with Crippen molar-refractivity contribution in [2.45, 2.75) is 57.6 Å². The van der Waals surface area contributed by atoms with Gasteiger partial charge in [0.2, 0.25) is 0 Å². The largest absolute Gasteiger partial charge is 0.496 e. The van der Waals surface area contributed by atoms with Gasteiger partial charge in [-0.15, -0.1) is 0 Å². The quantitative estimate of drug-likeness (QED) is 0.0838. The zero-order valence-electron chi connectivity index (χ0n) is 28.4. The van der Waals surface area contributed by atoms with Crippen LogP contribution in [-0.2, 0) is 39.8 Å². The van der Waals surface area contributed by atoms with E-state index in [-0.39, 0.29) is 46.3 Å². The summed E-state index contributed by atoms with van der Waals surface area (Å²) in [6, 6.07) is 7.35. The maximum absolute atomic E-state index is 13.8. The number of hydrogen-bond donors (Lipinski definition) is 1. The predicted octanol–water partition coefficient (Wildman–Crippen LogP) is 3.24. The summed E-state index contributed by atoms with van der Waals surface area (Å²) in [5.41, 5.74) is 0.297. The molecule has 1 fully saturated rings. The standard InChI is InChI=1S/C34H39NO13S/c1-16-31(47-18(3)37)29(35(4)5)30(38)33(45-16)20-9-10-23(46-17(2)36)28-25(43-7)15-21-26-22(34(39)48-32(21)27(20)28)13-19(14-24(26)42-6)11-12-44-49(8,40)41/h9-10,13-16,29-31,33,38H,11-12H2,1-8H3/t16-,29-,30-,31+,33+/m0/s1. The summed E-state index contributed by atoms with van der Waals surface area (Å²) in [7, 11) is 2.69. The normalized spacial score (nSPS) is 21.3. The van der Waals surface area contributed by atoms with E-state index in [0.717, 1.165) is 6.26 Å². The molecule has 4 aromatic rings. The zero-order chi connectivity index (χ0) is 35.9. The number of likely N-dealkylation sites (N-methyl/N-ethyl adjacent to an activating group) is 1. The Morgan fingerprint density at radius 3 is 2.20 bits per heavy atom. The minimum absolute atomic E-state index is 0.0794. The van der Waals surface area contributed by atoms with Crippen molar-refractivity contribution in [3.8, 4) is 17.2 Å². The van der Waals surface area contributed by atoms with Gasteiger partial charge >= 0.3 is 17.6 Å². The van der Waals surface area contributed by atoms with Crippen LogP contribution in [0.3, 0.4) is 0 Å². The van der Waals surface area contributed by atoms with Crippen LogP contribution in [0.4, 0.5) is 0 Å². The van der Waals surface area contributed by atoms with E-state index in [2.05, 4.69) is 0 Å². The summed E-state index contributed by atoms with van der Waals surface area (Å²) >= 11 is 0. The smallest absolute Gasteiger partial charge is 0.344 e. The van der Waals surface area contributed by atoms with Gasteiger partial charge in [-0.1, -0.05) is 6.07 Å². The summed E-state index contributed by atoms with van der Waals surface area (Å²) in [6.07, 6.45) is -2.67. The molecule has 1 aromatic heterocycles. The second-order valence-electron chi connectivity index (χ2n) is 12.1. The molecule has 0 unspecified atom stereocenters. The highest BCUT2D eigenvalue weighted by atomic mass is 32.2. The van der Waals surface area contributed by atoms with Gasteiger partial charge < -0.3 is 38.1 Å². The Balaban J connectivity index is 1.84. The number of ether oxygens (including phenoxy) is 5. The molecule has 1 aliphatic rings. The Bertz CT molecular complexity index is 2110. The molecule has 15 heteroatoms. The highest BCUT2D eigenvalue weighted by Gasteiger charge is 2.47. The number of rotatable bonds is 10. The summed E-state index contributed by atoms with van der Waals surface area (Å²) in [4.78, 5) is 39.7. The number of carbonyl (C=O) groups excluding carboxylic acids is 2. The fraction of sp³-hybridized carbons (Fsp3) is 0.441. The van der Waals surface area contributed by atoms with Crippen molar-refractivity contribution in [2.75, 3.05) is 41.2 Å². The highest BCUT2D eigenvalue weighted by Crippen LogP contribution is 2.48. The van der Waals surface area contributed by atoms with Crippen molar-refractivity contribution in [1.29, 1.82) is 0 Å². The van der Waals surface area contributed by atoms with Crippen LogP contribution in [0.25, 0.3) is 32.5 Å². The van der Waals surface area contributed by atoms with E-state index in [0.29, 0.717) is 27.6 Å². The van der Waals surface area contributed by atoms with E-state index in [1.54, 1.807) is 56.3 Å². The van der Waals surface area contributed by atoms with Gasteiger partial charge in [0.25, 0.3) is 10.1 Å². The average molecular weight is 702 g/mol. The van der Waals surface area contributed by atoms with E-state index >= 15 is 0 Å². The topological polar surface area (TPSA) is 177 Å². The van der Waals surface area contributed by atoms with Crippen molar-refractivity contribution in [1.82, 2.24) is 4.90 Å². The summed E-state index contributed by atoms with van der Waals surface area (Å²) in [6.45, 7) is 4.11. The number of aliphatic hydroxyl groups is 1. The van der Waals surface area contributed by atoms with E-state index < -0.39 is 58.1 Å². The fourth-order valence-electron chi connectivity index (χ4n) is 6.55.